The van der Waals surface area contributed by atoms with Crippen LogP contribution in [0, 0.1) is 11.6 Å². The van der Waals surface area contributed by atoms with Crippen molar-refractivity contribution in [1.29, 1.82) is 0 Å². The molecule has 0 spiro atoms. The van der Waals surface area contributed by atoms with Crippen molar-refractivity contribution >= 4 is 17.7 Å². The normalized spacial score (nSPS) is 13.0. The van der Waals surface area contributed by atoms with Gasteiger partial charge in [-0.2, -0.15) is 5.10 Å². The number of carbonyl (C=O) groups excluding carboxylic acids is 2. The smallest absolute Gasteiger partial charge is 0.410 e. The Morgan fingerprint density at radius 2 is 2.07 bits per heavy atom. The van der Waals surface area contributed by atoms with Crippen LogP contribution in [0.15, 0.2) is 29.1 Å². The SMILES string of the molecule is CCOC(=O)N1CCc2nn(CC(=O)Nc3cc(F)ccc3F)c(=O)cc2C1. The molecule has 1 N–H and O–H groups in total. The molecule has 0 saturated carbocycles. The summed E-state index contributed by atoms with van der Waals surface area (Å²) in [6.45, 7) is 2.07. The second-order valence-electron chi connectivity index (χ2n) is 6.15. The zero-order chi connectivity index (χ0) is 20.3. The van der Waals surface area contributed by atoms with Crippen LogP contribution in [-0.2, 0) is 29.0 Å². The largest absolute Gasteiger partial charge is 0.450 e. The highest BCUT2D eigenvalue weighted by molar-refractivity contribution is 5.90. The van der Waals surface area contributed by atoms with E-state index < -0.39 is 35.7 Å². The van der Waals surface area contributed by atoms with Crippen molar-refractivity contribution in [3.63, 3.8) is 0 Å². The maximum Gasteiger partial charge on any atom is 0.410 e. The Hall–Kier alpha value is -3.30. The first kappa shape index (κ1) is 19.5. The number of ether oxygens (including phenoxy) is 1. The lowest BCUT2D eigenvalue weighted by atomic mass is 10.1. The van der Waals surface area contributed by atoms with Gasteiger partial charge in [-0.25, -0.2) is 18.3 Å². The molecule has 0 unspecified atom stereocenters. The van der Waals surface area contributed by atoms with Crippen molar-refractivity contribution in [3.05, 3.63) is 57.5 Å². The Morgan fingerprint density at radius 3 is 2.82 bits per heavy atom. The van der Waals surface area contributed by atoms with E-state index in [9.17, 15) is 23.2 Å². The molecule has 0 radical (unpaired) electrons. The van der Waals surface area contributed by atoms with Crippen molar-refractivity contribution in [2.45, 2.75) is 26.4 Å². The molecule has 0 bridgehead atoms. The van der Waals surface area contributed by atoms with Gasteiger partial charge in [0.2, 0.25) is 5.91 Å². The fourth-order valence-corrected chi connectivity index (χ4v) is 2.84. The molecule has 0 aliphatic carbocycles. The lowest BCUT2D eigenvalue weighted by Gasteiger charge is -2.27. The van der Waals surface area contributed by atoms with Gasteiger partial charge in [-0.1, -0.05) is 0 Å². The molecule has 1 aliphatic heterocycles. The third kappa shape index (κ3) is 4.33. The number of hydrogen-bond acceptors (Lipinski definition) is 5. The van der Waals surface area contributed by atoms with Crippen LogP contribution >= 0.6 is 0 Å². The van der Waals surface area contributed by atoms with Gasteiger partial charge >= 0.3 is 6.09 Å². The number of hydrogen-bond donors (Lipinski definition) is 1. The van der Waals surface area contributed by atoms with E-state index in [1.54, 1.807) is 6.92 Å². The standard InChI is InChI=1S/C18H18F2N4O4/c1-2-28-18(27)23-6-5-14-11(9-23)7-17(26)24(22-14)10-16(25)21-15-8-12(19)3-4-13(15)20/h3-4,7-8H,2,5-6,9-10H2,1H3,(H,21,25). The second kappa shape index (κ2) is 8.15. The molecular weight excluding hydrogens is 374 g/mol. The first-order chi connectivity index (χ1) is 13.4. The zero-order valence-corrected chi connectivity index (χ0v) is 15.1. The van der Waals surface area contributed by atoms with Crippen molar-refractivity contribution in [1.82, 2.24) is 14.7 Å². The average Bonchev–Trinajstić information content (AvgIpc) is 2.65. The predicted molar refractivity (Wildman–Crippen MR) is 94.6 cm³/mol. The number of aromatic nitrogens is 2. The first-order valence-corrected chi connectivity index (χ1v) is 8.64. The number of nitrogens with one attached hydrogen (secondary N) is 1. The zero-order valence-electron chi connectivity index (χ0n) is 15.1. The molecule has 0 atom stereocenters. The molecule has 1 aromatic heterocycles. The summed E-state index contributed by atoms with van der Waals surface area (Å²) in [7, 11) is 0. The van der Waals surface area contributed by atoms with Gasteiger partial charge in [-0.15, -0.1) is 0 Å². The molecule has 3 rings (SSSR count). The van der Waals surface area contributed by atoms with Gasteiger partial charge in [0.25, 0.3) is 5.56 Å². The number of anilines is 1. The van der Waals surface area contributed by atoms with E-state index in [2.05, 4.69) is 10.4 Å². The average molecular weight is 392 g/mol. The molecule has 0 saturated heterocycles. The fourth-order valence-electron chi connectivity index (χ4n) is 2.84. The van der Waals surface area contributed by atoms with Crippen LogP contribution in [0.1, 0.15) is 18.2 Å². The molecule has 8 nitrogen and oxygen atoms in total. The Morgan fingerprint density at radius 1 is 1.29 bits per heavy atom. The molecule has 1 aromatic carbocycles. The quantitative estimate of drug-likeness (QED) is 0.855. The minimum atomic E-state index is -0.792. The molecule has 2 aromatic rings. The highest BCUT2D eigenvalue weighted by atomic mass is 19.1. The van der Waals surface area contributed by atoms with Crippen molar-refractivity contribution in [2.75, 3.05) is 18.5 Å². The van der Waals surface area contributed by atoms with Gasteiger partial charge in [-0.3, -0.25) is 9.59 Å². The van der Waals surface area contributed by atoms with Gasteiger partial charge in [0, 0.05) is 30.7 Å². The number of halogens is 2. The van der Waals surface area contributed by atoms with E-state index in [1.165, 1.54) is 11.0 Å². The van der Waals surface area contributed by atoms with Gasteiger partial charge < -0.3 is 15.0 Å². The molecule has 28 heavy (non-hydrogen) atoms. The summed E-state index contributed by atoms with van der Waals surface area (Å²) in [6, 6.07) is 3.98. The van der Waals surface area contributed by atoms with E-state index in [-0.39, 0.29) is 18.8 Å². The van der Waals surface area contributed by atoms with E-state index in [0.717, 1.165) is 22.9 Å². The Kier molecular flexibility index (Phi) is 5.67. The Bertz CT molecular complexity index is 977. The monoisotopic (exact) mass is 392 g/mol. The predicted octanol–water partition coefficient (Wildman–Crippen LogP) is 1.67. The number of fused-ring (bicyclic) bond motifs is 1. The summed E-state index contributed by atoms with van der Waals surface area (Å²) in [5, 5.41) is 6.39. The second-order valence-corrected chi connectivity index (χ2v) is 6.15. The van der Waals surface area contributed by atoms with Crippen LogP contribution < -0.4 is 10.9 Å². The number of rotatable bonds is 4. The van der Waals surface area contributed by atoms with Crippen LogP contribution in [0.4, 0.5) is 19.3 Å². The Labute approximate surface area is 158 Å². The lowest BCUT2D eigenvalue weighted by molar-refractivity contribution is -0.117. The van der Waals surface area contributed by atoms with Crippen molar-refractivity contribution in [2.24, 2.45) is 0 Å². The summed E-state index contributed by atoms with van der Waals surface area (Å²) in [4.78, 5) is 37.7. The molecule has 2 amide bonds. The van der Waals surface area contributed by atoms with Gasteiger partial charge in [0.15, 0.2) is 0 Å². The number of carbonyl (C=O) groups is 2. The third-order valence-electron chi connectivity index (χ3n) is 4.17. The molecule has 0 fully saturated rings. The van der Waals surface area contributed by atoms with Gasteiger partial charge in [-0.05, 0) is 19.1 Å². The molecule has 148 valence electrons. The molecular formula is C18H18F2N4O4. The highest BCUT2D eigenvalue weighted by Crippen LogP contribution is 2.17. The summed E-state index contributed by atoms with van der Waals surface area (Å²) >= 11 is 0. The summed E-state index contributed by atoms with van der Waals surface area (Å²) in [6.07, 6.45) is -0.0667. The van der Waals surface area contributed by atoms with E-state index in [0.29, 0.717) is 24.2 Å². The topological polar surface area (TPSA) is 93.5 Å². The van der Waals surface area contributed by atoms with Crippen molar-refractivity contribution in [3.8, 4) is 0 Å². The third-order valence-corrected chi connectivity index (χ3v) is 4.17. The summed E-state index contributed by atoms with van der Waals surface area (Å²) in [5.74, 6) is -2.21. The number of amides is 2. The van der Waals surface area contributed by atoms with Crippen LogP contribution in [0.25, 0.3) is 0 Å². The fraction of sp³-hybridized carbons (Fsp3) is 0.333. The van der Waals surface area contributed by atoms with Gasteiger partial charge in [0.1, 0.15) is 18.2 Å². The number of nitrogens with zero attached hydrogens (tertiary/aromatic N) is 3. The van der Waals surface area contributed by atoms with Crippen LogP contribution in [0.5, 0.6) is 0 Å². The van der Waals surface area contributed by atoms with Gasteiger partial charge in [0.05, 0.1) is 24.5 Å². The van der Waals surface area contributed by atoms with Crippen LogP contribution in [0.3, 0.4) is 0 Å². The molecule has 2 heterocycles. The summed E-state index contributed by atoms with van der Waals surface area (Å²) in [5.41, 5.74) is 0.308. The van der Waals surface area contributed by atoms with Crippen molar-refractivity contribution < 1.29 is 23.1 Å². The highest BCUT2D eigenvalue weighted by Gasteiger charge is 2.24. The van der Waals surface area contributed by atoms with E-state index in [1.807, 2.05) is 0 Å². The maximum atomic E-state index is 13.6. The number of benzene rings is 1. The Balaban J connectivity index is 1.72. The first-order valence-electron chi connectivity index (χ1n) is 8.64. The van der Waals surface area contributed by atoms with Crippen LogP contribution in [0.2, 0.25) is 0 Å². The van der Waals surface area contributed by atoms with E-state index in [4.69, 9.17) is 4.74 Å². The molecule has 1 aliphatic rings. The van der Waals surface area contributed by atoms with E-state index >= 15 is 0 Å². The maximum absolute atomic E-state index is 13.6. The minimum Gasteiger partial charge on any atom is -0.450 e. The molecule has 10 heteroatoms. The lowest BCUT2D eigenvalue weighted by Crippen LogP contribution is -2.39. The summed E-state index contributed by atoms with van der Waals surface area (Å²) < 4.78 is 32.7. The minimum absolute atomic E-state index is 0.192. The van der Waals surface area contributed by atoms with Crippen LogP contribution in [-0.4, -0.2) is 39.8 Å².